The third kappa shape index (κ3) is 7.46. The molecule has 1 unspecified atom stereocenters. The lowest BCUT2D eigenvalue weighted by Crippen LogP contribution is -2.19. The van der Waals surface area contributed by atoms with Gasteiger partial charge in [-0.2, -0.15) is 0 Å². The standard InChI is InChI=1S/C30H23ClN4OS3/c31-22-16-14-20(15-17-22)26-19-38-30(34-26)35-28(36)27(21-8-3-1-4-9-21)39-25-13-7-12-24(18-25)33-29(37)32-23-10-5-2-6-11-23/h1-19,27H,(H2,32,33,37)(H,34,35,36). The average Bonchev–Trinajstić information content (AvgIpc) is 3.41. The second-order valence-electron chi connectivity index (χ2n) is 8.42. The van der Waals surface area contributed by atoms with Gasteiger partial charge in [0.15, 0.2) is 10.2 Å². The number of benzene rings is 4. The number of carbonyl (C=O) groups is 1. The van der Waals surface area contributed by atoms with Crippen molar-refractivity contribution in [2.75, 3.05) is 16.0 Å². The molecule has 5 nitrogen and oxygen atoms in total. The molecule has 1 amide bonds. The Morgan fingerprint density at radius 3 is 2.23 bits per heavy atom. The number of nitrogens with one attached hydrogen (secondary N) is 3. The number of halogens is 1. The Morgan fingerprint density at radius 1 is 0.821 bits per heavy atom. The first-order valence-corrected chi connectivity index (χ1v) is 14.5. The molecule has 0 aliphatic heterocycles. The van der Waals surface area contributed by atoms with E-state index in [9.17, 15) is 4.79 Å². The van der Waals surface area contributed by atoms with Crippen molar-refractivity contribution in [2.45, 2.75) is 10.1 Å². The maximum absolute atomic E-state index is 13.5. The number of thiocarbonyl (C=S) groups is 1. The fourth-order valence-corrected chi connectivity index (χ4v) is 5.92. The molecule has 9 heteroatoms. The number of rotatable bonds is 8. The van der Waals surface area contributed by atoms with E-state index >= 15 is 0 Å². The lowest BCUT2D eigenvalue weighted by atomic mass is 10.1. The molecule has 194 valence electrons. The van der Waals surface area contributed by atoms with Gasteiger partial charge in [-0.05, 0) is 60.2 Å². The van der Waals surface area contributed by atoms with E-state index in [2.05, 4.69) is 20.9 Å². The van der Waals surface area contributed by atoms with Gasteiger partial charge in [-0.3, -0.25) is 4.79 Å². The number of para-hydroxylation sites is 1. The number of carbonyl (C=O) groups excluding carboxylic acids is 1. The minimum absolute atomic E-state index is 0.150. The van der Waals surface area contributed by atoms with Crippen LogP contribution in [0.25, 0.3) is 11.3 Å². The normalized spacial score (nSPS) is 11.4. The molecule has 5 rings (SSSR count). The van der Waals surface area contributed by atoms with Crippen molar-refractivity contribution in [2.24, 2.45) is 0 Å². The van der Waals surface area contributed by atoms with Crippen LogP contribution in [0.2, 0.25) is 5.02 Å². The maximum atomic E-state index is 13.5. The molecule has 3 N–H and O–H groups in total. The number of aromatic nitrogens is 1. The predicted molar refractivity (Wildman–Crippen MR) is 169 cm³/mol. The van der Waals surface area contributed by atoms with Crippen molar-refractivity contribution in [3.8, 4) is 11.3 Å². The summed E-state index contributed by atoms with van der Waals surface area (Å²) >= 11 is 14.3. The van der Waals surface area contributed by atoms with Gasteiger partial charge in [-0.1, -0.05) is 78.3 Å². The molecule has 0 saturated carbocycles. The summed E-state index contributed by atoms with van der Waals surface area (Å²) in [6.45, 7) is 0. The van der Waals surface area contributed by atoms with Crippen molar-refractivity contribution >= 4 is 74.4 Å². The van der Waals surface area contributed by atoms with Crippen molar-refractivity contribution in [3.05, 3.63) is 125 Å². The molecule has 5 aromatic rings. The average molecular weight is 587 g/mol. The number of hydrogen-bond acceptors (Lipinski definition) is 5. The van der Waals surface area contributed by atoms with E-state index in [1.807, 2.05) is 115 Å². The molecule has 0 spiro atoms. The second kappa shape index (κ2) is 12.9. The van der Waals surface area contributed by atoms with Gasteiger partial charge in [0.2, 0.25) is 5.91 Å². The van der Waals surface area contributed by atoms with Crippen LogP contribution in [0.5, 0.6) is 0 Å². The van der Waals surface area contributed by atoms with Gasteiger partial charge >= 0.3 is 0 Å². The van der Waals surface area contributed by atoms with E-state index in [0.717, 1.165) is 33.1 Å². The van der Waals surface area contributed by atoms with Crippen LogP contribution in [0.1, 0.15) is 10.8 Å². The van der Waals surface area contributed by atoms with Gasteiger partial charge in [-0.15, -0.1) is 23.1 Å². The number of hydrogen-bond donors (Lipinski definition) is 3. The van der Waals surface area contributed by atoms with Crippen LogP contribution in [0.3, 0.4) is 0 Å². The molecule has 0 fully saturated rings. The number of thiazole rings is 1. The summed E-state index contributed by atoms with van der Waals surface area (Å²) in [7, 11) is 0. The van der Waals surface area contributed by atoms with Gasteiger partial charge in [-0.25, -0.2) is 4.98 Å². The molecule has 1 aromatic heterocycles. The smallest absolute Gasteiger partial charge is 0.244 e. The quantitative estimate of drug-likeness (QED) is 0.125. The summed E-state index contributed by atoms with van der Waals surface area (Å²) in [5, 5.41) is 12.5. The molecule has 0 aliphatic carbocycles. The molecule has 0 bridgehead atoms. The number of anilines is 3. The molecule has 0 saturated heterocycles. The molecule has 4 aromatic carbocycles. The monoisotopic (exact) mass is 586 g/mol. The van der Waals surface area contributed by atoms with E-state index < -0.39 is 5.25 Å². The van der Waals surface area contributed by atoms with Gasteiger partial charge in [0, 0.05) is 32.2 Å². The largest absolute Gasteiger partial charge is 0.332 e. The zero-order valence-electron chi connectivity index (χ0n) is 20.5. The highest BCUT2D eigenvalue weighted by atomic mass is 35.5. The molecule has 1 atom stereocenters. The first-order valence-electron chi connectivity index (χ1n) is 12.0. The Hall–Kier alpha value is -3.69. The summed E-state index contributed by atoms with van der Waals surface area (Å²) in [6, 6.07) is 34.8. The van der Waals surface area contributed by atoms with Crippen molar-refractivity contribution in [3.63, 3.8) is 0 Å². The van der Waals surface area contributed by atoms with Gasteiger partial charge in [0.25, 0.3) is 0 Å². The zero-order chi connectivity index (χ0) is 27.0. The van der Waals surface area contributed by atoms with E-state index in [1.54, 1.807) is 0 Å². The van der Waals surface area contributed by atoms with Crippen LogP contribution < -0.4 is 16.0 Å². The lowest BCUT2D eigenvalue weighted by molar-refractivity contribution is -0.115. The predicted octanol–water partition coefficient (Wildman–Crippen LogP) is 8.74. The molecule has 1 heterocycles. The van der Waals surface area contributed by atoms with Crippen LogP contribution in [-0.2, 0) is 4.79 Å². The number of thioether (sulfide) groups is 1. The first-order chi connectivity index (χ1) is 19.0. The van der Waals surface area contributed by atoms with E-state index in [1.165, 1.54) is 23.1 Å². The van der Waals surface area contributed by atoms with Crippen molar-refractivity contribution in [1.29, 1.82) is 0 Å². The third-order valence-electron chi connectivity index (χ3n) is 5.59. The Kier molecular flexibility index (Phi) is 8.90. The van der Waals surface area contributed by atoms with Crippen LogP contribution in [0, 0.1) is 0 Å². The summed E-state index contributed by atoms with van der Waals surface area (Å²) in [4.78, 5) is 19.1. The van der Waals surface area contributed by atoms with Gasteiger partial charge < -0.3 is 16.0 Å². The minimum Gasteiger partial charge on any atom is -0.332 e. The summed E-state index contributed by atoms with van der Waals surface area (Å²) in [6.07, 6.45) is 0. The fraction of sp³-hybridized carbons (Fsp3) is 0.0333. The van der Waals surface area contributed by atoms with Crippen LogP contribution in [-0.4, -0.2) is 16.0 Å². The van der Waals surface area contributed by atoms with E-state index in [0.29, 0.717) is 15.3 Å². The minimum atomic E-state index is -0.487. The third-order valence-corrected chi connectivity index (χ3v) is 8.05. The maximum Gasteiger partial charge on any atom is 0.244 e. The second-order valence-corrected chi connectivity index (χ2v) is 11.3. The van der Waals surface area contributed by atoms with Crippen molar-refractivity contribution in [1.82, 2.24) is 4.98 Å². The fourth-order valence-electron chi connectivity index (χ4n) is 3.75. The molecule has 0 radical (unpaired) electrons. The van der Waals surface area contributed by atoms with Crippen molar-refractivity contribution < 1.29 is 4.79 Å². The lowest BCUT2D eigenvalue weighted by Gasteiger charge is -2.17. The zero-order valence-corrected chi connectivity index (χ0v) is 23.7. The Morgan fingerprint density at radius 2 is 1.49 bits per heavy atom. The number of amides is 1. The van der Waals surface area contributed by atoms with Crippen LogP contribution >= 0.6 is 46.9 Å². The highest BCUT2D eigenvalue weighted by molar-refractivity contribution is 8.00. The van der Waals surface area contributed by atoms with Crippen LogP contribution in [0.4, 0.5) is 16.5 Å². The topological polar surface area (TPSA) is 66.0 Å². The molecular weight excluding hydrogens is 564 g/mol. The van der Waals surface area contributed by atoms with Crippen LogP contribution in [0.15, 0.2) is 119 Å². The Labute approximate surface area is 245 Å². The summed E-state index contributed by atoms with van der Waals surface area (Å²) in [5.41, 5.74) is 4.36. The molecule has 0 aliphatic rings. The van der Waals surface area contributed by atoms with E-state index in [-0.39, 0.29) is 5.91 Å². The highest BCUT2D eigenvalue weighted by Gasteiger charge is 2.23. The summed E-state index contributed by atoms with van der Waals surface area (Å²) in [5.74, 6) is -0.150. The Balaban J connectivity index is 1.30. The summed E-state index contributed by atoms with van der Waals surface area (Å²) < 4.78 is 0. The molecule has 39 heavy (non-hydrogen) atoms. The SMILES string of the molecule is O=C(Nc1nc(-c2ccc(Cl)cc2)cs1)C(Sc1cccc(NC(=S)Nc2ccccc2)c1)c1ccccc1. The molecular formula is C30H23ClN4OS3. The van der Waals surface area contributed by atoms with E-state index in [4.69, 9.17) is 23.8 Å². The highest BCUT2D eigenvalue weighted by Crippen LogP contribution is 2.38. The van der Waals surface area contributed by atoms with Gasteiger partial charge in [0.1, 0.15) is 5.25 Å². The number of nitrogens with zero attached hydrogens (tertiary/aromatic N) is 1. The Bertz CT molecular complexity index is 1560. The first kappa shape index (κ1) is 26.9. The van der Waals surface area contributed by atoms with Gasteiger partial charge in [0.05, 0.1) is 5.69 Å².